The van der Waals surface area contributed by atoms with E-state index in [0.717, 1.165) is 26.4 Å². The molecule has 3 rings (SSSR count). The van der Waals surface area contributed by atoms with Crippen LogP contribution in [0.15, 0.2) is 53.0 Å². The van der Waals surface area contributed by atoms with Crippen molar-refractivity contribution in [1.29, 1.82) is 0 Å². The Hall–Kier alpha value is -1.51. The first-order valence-electron chi connectivity index (χ1n) is 6.25. The highest BCUT2D eigenvalue weighted by Gasteiger charge is 2.15. The summed E-state index contributed by atoms with van der Waals surface area (Å²) in [6, 6.07) is 15.8. The maximum Gasteiger partial charge on any atom is 0.127 e. The molecule has 1 nitrogen and oxygen atoms in total. The van der Waals surface area contributed by atoms with E-state index in [1.54, 1.807) is 0 Å². The van der Waals surface area contributed by atoms with Crippen molar-refractivity contribution in [2.45, 2.75) is 6.92 Å². The van der Waals surface area contributed by atoms with Gasteiger partial charge in [-0.05, 0) is 30.0 Å². The first-order valence-corrected chi connectivity index (χ1v) is 7.42. The molecule has 0 heterocycles. The fraction of sp³-hybridized carbons (Fsp3) is 0.0588. The number of aromatic hydroxyl groups is 1. The summed E-state index contributed by atoms with van der Waals surface area (Å²) in [5.41, 5.74) is 2.71. The molecule has 0 unspecified atom stereocenters. The molecule has 3 aromatic carbocycles. The largest absolute Gasteiger partial charge is 0.507 e. The Morgan fingerprint density at radius 2 is 1.55 bits per heavy atom. The van der Waals surface area contributed by atoms with Gasteiger partial charge in [0.25, 0.3) is 0 Å². The van der Waals surface area contributed by atoms with Gasteiger partial charge in [-0.3, -0.25) is 0 Å². The quantitative estimate of drug-likeness (QED) is 0.578. The predicted octanol–water partition coefficient (Wildman–Crippen LogP) is 5.94. The van der Waals surface area contributed by atoms with E-state index in [2.05, 4.69) is 15.9 Å². The Balaban J connectivity index is 2.43. The predicted molar refractivity (Wildman–Crippen MR) is 88.5 cm³/mol. The van der Waals surface area contributed by atoms with Crippen LogP contribution in [0.4, 0.5) is 0 Å². The molecule has 1 N–H and O–H groups in total. The molecule has 0 amide bonds. The smallest absolute Gasteiger partial charge is 0.127 e. The van der Waals surface area contributed by atoms with Crippen molar-refractivity contribution in [3.63, 3.8) is 0 Å². The highest BCUT2D eigenvalue weighted by atomic mass is 79.9. The summed E-state index contributed by atoms with van der Waals surface area (Å²) < 4.78 is 1.03. The normalized spacial score (nSPS) is 10.9. The highest BCUT2D eigenvalue weighted by molar-refractivity contribution is 9.10. The number of phenols is 1. The average molecular weight is 348 g/mol. The van der Waals surface area contributed by atoms with Crippen LogP contribution in [0, 0.1) is 6.92 Å². The molecule has 20 heavy (non-hydrogen) atoms. The molecule has 0 spiro atoms. The standard InChI is InChI=1S/C17H12BrClO/c1-10-16(19)15(11-6-8-12(18)9-7-11)13-4-2-3-5-14(13)17(10)20/h2-9,20H,1H3. The zero-order valence-corrected chi connectivity index (χ0v) is 13.2. The van der Waals surface area contributed by atoms with Gasteiger partial charge >= 0.3 is 0 Å². The summed E-state index contributed by atoms with van der Waals surface area (Å²) >= 11 is 9.92. The molecular formula is C17H12BrClO. The Morgan fingerprint density at radius 1 is 0.950 bits per heavy atom. The van der Waals surface area contributed by atoms with E-state index in [9.17, 15) is 5.11 Å². The molecular weight excluding hydrogens is 336 g/mol. The van der Waals surface area contributed by atoms with Gasteiger partial charge in [0.05, 0.1) is 5.02 Å². The lowest BCUT2D eigenvalue weighted by atomic mass is 9.95. The van der Waals surface area contributed by atoms with Crippen molar-refractivity contribution in [1.82, 2.24) is 0 Å². The van der Waals surface area contributed by atoms with Crippen LogP contribution in [0.1, 0.15) is 5.56 Å². The van der Waals surface area contributed by atoms with Crippen molar-refractivity contribution in [3.8, 4) is 16.9 Å². The Labute approximate surface area is 131 Å². The Morgan fingerprint density at radius 3 is 2.20 bits per heavy atom. The number of hydrogen-bond donors (Lipinski definition) is 1. The second kappa shape index (κ2) is 5.12. The van der Waals surface area contributed by atoms with Crippen molar-refractivity contribution >= 4 is 38.3 Å². The van der Waals surface area contributed by atoms with Gasteiger partial charge in [-0.25, -0.2) is 0 Å². The third-order valence-corrected chi connectivity index (χ3v) is 4.49. The van der Waals surface area contributed by atoms with Crippen molar-refractivity contribution in [3.05, 3.63) is 63.6 Å². The number of hydrogen-bond acceptors (Lipinski definition) is 1. The van der Waals surface area contributed by atoms with Crippen molar-refractivity contribution in [2.75, 3.05) is 0 Å². The molecule has 3 heteroatoms. The molecule has 0 saturated heterocycles. The third-order valence-electron chi connectivity index (χ3n) is 3.49. The van der Waals surface area contributed by atoms with E-state index >= 15 is 0 Å². The van der Waals surface area contributed by atoms with E-state index < -0.39 is 0 Å². The summed E-state index contributed by atoms with van der Waals surface area (Å²) in [4.78, 5) is 0. The molecule has 100 valence electrons. The van der Waals surface area contributed by atoms with Crippen molar-refractivity contribution < 1.29 is 5.11 Å². The minimum absolute atomic E-state index is 0.256. The lowest BCUT2D eigenvalue weighted by Crippen LogP contribution is -1.88. The Kier molecular flexibility index (Phi) is 3.45. The molecule has 0 fully saturated rings. The van der Waals surface area contributed by atoms with Gasteiger partial charge in [-0.15, -0.1) is 0 Å². The van der Waals surface area contributed by atoms with E-state index in [1.807, 2.05) is 55.5 Å². The van der Waals surface area contributed by atoms with Gasteiger partial charge in [0.1, 0.15) is 5.75 Å². The van der Waals surface area contributed by atoms with Crippen molar-refractivity contribution in [2.24, 2.45) is 0 Å². The zero-order valence-electron chi connectivity index (χ0n) is 10.8. The van der Waals surface area contributed by atoms with Gasteiger partial charge in [0.15, 0.2) is 0 Å². The van der Waals surface area contributed by atoms with Crippen LogP contribution in [0.5, 0.6) is 5.75 Å². The molecule has 0 atom stereocenters. The molecule has 0 aliphatic heterocycles. The molecule has 0 saturated carbocycles. The zero-order chi connectivity index (χ0) is 14.3. The molecule has 0 bridgehead atoms. The van der Waals surface area contributed by atoms with Crippen LogP contribution >= 0.6 is 27.5 Å². The second-order valence-corrected chi connectivity index (χ2v) is 6.01. The summed E-state index contributed by atoms with van der Waals surface area (Å²) in [5, 5.41) is 12.7. The van der Waals surface area contributed by atoms with Gasteiger partial charge in [-0.2, -0.15) is 0 Å². The lowest BCUT2D eigenvalue weighted by Gasteiger charge is -2.14. The fourth-order valence-corrected chi connectivity index (χ4v) is 2.98. The van der Waals surface area contributed by atoms with Crippen LogP contribution in [0.2, 0.25) is 5.02 Å². The summed E-state index contributed by atoms with van der Waals surface area (Å²) in [6.07, 6.45) is 0. The molecule has 0 aliphatic carbocycles. The van der Waals surface area contributed by atoms with E-state index in [4.69, 9.17) is 11.6 Å². The van der Waals surface area contributed by atoms with Crippen LogP contribution in [0.25, 0.3) is 21.9 Å². The maximum atomic E-state index is 10.3. The summed E-state index contributed by atoms with van der Waals surface area (Å²) in [7, 11) is 0. The van der Waals surface area contributed by atoms with Gasteiger partial charge in [0.2, 0.25) is 0 Å². The number of fused-ring (bicyclic) bond motifs is 1. The van der Waals surface area contributed by atoms with Crippen LogP contribution < -0.4 is 0 Å². The SMILES string of the molecule is Cc1c(Cl)c(-c2ccc(Br)cc2)c2ccccc2c1O. The highest BCUT2D eigenvalue weighted by Crippen LogP contribution is 2.43. The first kappa shape index (κ1) is 13.5. The summed E-state index contributed by atoms with van der Waals surface area (Å²) in [6.45, 7) is 1.84. The van der Waals surface area contributed by atoms with Gasteiger partial charge in [0, 0.05) is 21.0 Å². The number of rotatable bonds is 1. The first-order chi connectivity index (χ1) is 9.59. The average Bonchev–Trinajstić information content (AvgIpc) is 2.47. The molecule has 0 radical (unpaired) electrons. The van der Waals surface area contributed by atoms with Gasteiger partial charge in [-0.1, -0.05) is 63.9 Å². The number of phenolic OH excluding ortho intramolecular Hbond substituents is 1. The van der Waals surface area contributed by atoms with Gasteiger partial charge < -0.3 is 5.11 Å². The lowest BCUT2D eigenvalue weighted by molar-refractivity contribution is 0.477. The minimum Gasteiger partial charge on any atom is -0.507 e. The van der Waals surface area contributed by atoms with Crippen LogP contribution in [-0.2, 0) is 0 Å². The molecule has 3 aromatic rings. The molecule has 0 aliphatic rings. The maximum absolute atomic E-state index is 10.3. The topological polar surface area (TPSA) is 20.2 Å². The van der Waals surface area contributed by atoms with Crippen LogP contribution in [-0.4, -0.2) is 5.11 Å². The van der Waals surface area contributed by atoms with Crippen LogP contribution in [0.3, 0.4) is 0 Å². The number of benzene rings is 3. The summed E-state index contributed by atoms with van der Waals surface area (Å²) in [5.74, 6) is 0.256. The number of halogens is 2. The second-order valence-electron chi connectivity index (χ2n) is 4.72. The fourth-order valence-electron chi connectivity index (χ4n) is 2.42. The Bertz CT molecular complexity index is 794. The molecule has 0 aromatic heterocycles. The third kappa shape index (κ3) is 2.09. The van der Waals surface area contributed by atoms with E-state index in [1.165, 1.54) is 0 Å². The van der Waals surface area contributed by atoms with E-state index in [-0.39, 0.29) is 5.75 Å². The minimum atomic E-state index is 0.256. The van der Waals surface area contributed by atoms with E-state index in [0.29, 0.717) is 10.6 Å². The monoisotopic (exact) mass is 346 g/mol.